The molecule has 12 N–H and O–H groups in total. The molecule has 7 unspecified atom stereocenters. The lowest BCUT2D eigenvalue weighted by atomic mass is 9.88. The number of Topliss-reactive ketones (excluding diaryl/α,β-unsaturated/α-hetero) is 1. The van der Waals surface area contributed by atoms with Crippen molar-refractivity contribution in [1.29, 1.82) is 0 Å². The van der Waals surface area contributed by atoms with Crippen LogP contribution in [0.15, 0.2) is 151 Å². The first-order valence-electron chi connectivity index (χ1n) is 45.6. The number of halogens is 7. The van der Waals surface area contributed by atoms with E-state index < -0.39 is 97.7 Å². The fourth-order valence-electron chi connectivity index (χ4n) is 18.1. The molecule has 30 nitrogen and oxygen atoms in total. The molecule has 6 aromatic rings. The molecule has 0 radical (unpaired) electrons. The van der Waals surface area contributed by atoms with Crippen LogP contribution in [0.4, 0.5) is 41.9 Å². The Morgan fingerprint density at radius 3 is 1.27 bits per heavy atom. The highest BCUT2D eigenvalue weighted by Gasteiger charge is 2.51. The minimum Gasteiger partial charge on any atom is -0.455 e. The Morgan fingerprint density at radius 1 is 0.519 bits per heavy atom. The zero-order valence-corrected chi connectivity index (χ0v) is 82.5. The summed E-state index contributed by atoms with van der Waals surface area (Å²) < 4.78 is 76.7. The second kappa shape index (κ2) is 47.2. The van der Waals surface area contributed by atoms with Gasteiger partial charge in [0.05, 0.1) is 61.0 Å². The largest absolute Gasteiger partial charge is 0.455 e. The normalized spacial score (nSPS) is 24.8. The quantitative estimate of drug-likeness (QED) is 0.0136. The lowest BCUT2D eigenvalue weighted by Crippen LogP contribution is -2.57. The van der Waals surface area contributed by atoms with Gasteiger partial charge in [0, 0.05) is 43.6 Å². The van der Waals surface area contributed by atoms with Crippen molar-refractivity contribution >= 4 is 98.1 Å². The van der Waals surface area contributed by atoms with Crippen molar-refractivity contribution in [3.05, 3.63) is 223 Å². The van der Waals surface area contributed by atoms with E-state index in [4.69, 9.17) is 51.7 Å². The smallest absolute Gasteiger partial charge is 0.408 e. The molecule has 5 aliphatic carbocycles. The second-order valence-corrected chi connectivity index (χ2v) is 46.2. The Balaban J connectivity index is 0.000000185. The number of nitro groups is 1. The van der Waals surface area contributed by atoms with Crippen LogP contribution in [-0.4, -0.2) is 203 Å². The summed E-state index contributed by atoms with van der Waals surface area (Å²) >= 11 is 19.6. The van der Waals surface area contributed by atoms with Crippen LogP contribution < -0.4 is 38.1 Å². The highest BCUT2D eigenvalue weighted by molar-refractivity contribution is 8.24. The maximum atomic E-state index is 13.6. The van der Waals surface area contributed by atoms with E-state index in [2.05, 4.69) is 102 Å². The molecule has 740 valence electrons. The van der Waals surface area contributed by atoms with Gasteiger partial charge in [0.1, 0.15) is 56.7 Å². The number of nitrogens with two attached hydrogens (primary N) is 2. The minimum atomic E-state index is -3.22. The average molecular weight is 1980 g/mol. The Bertz CT molecular complexity index is 5120. The van der Waals surface area contributed by atoms with E-state index in [-0.39, 0.29) is 84.2 Å². The van der Waals surface area contributed by atoms with Gasteiger partial charge in [0.15, 0.2) is 5.78 Å². The minimum absolute atomic E-state index is 0.000578. The highest BCUT2D eigenvalue weighted by atomic mass is 36.0. The van der Waals surface area contributed by atoms with Gasteiger partial charge in [-0.2, -0.15) is 0 Å². The third-order valence-corrected chi connectivity index (χ3v) is 24.5. The van der Waals surface area contributed by atoms with Crippen LogP contribution in [0.25, 0.3) is 0 Å². The molecule has 12 atom stereocenters. The van der Waals surface area contributed by atoms with Crippen LogP contribution in [-0.2, 0) is 52.3 Å². The lowest BCUT2D eigenvalue weighted by Gasteiger charge is -2.39. The van der Waals surface area contributed by atoms with E-state index in [1.54, 1.807) is 117 Å². The third-order valence-electron chi connectivity index (χ3n) is 24.3. The monoisotopic (exact) mass is 1980 g/mol. The Kier molecular flexibility index (Phi) is 38.2. The number of benzene rings is 6. The van der Waals surface area contributed by atoms with Crippen LogP contribution in [0.1, 0.15) is 248 Å². The molecular weight excluding hydrogens is 1850 g/mol. The fourth-order valence-corrected chi connectivity index (χ4v) is 18.3. The van der Waals surface area contributed by atoms with Gasteiger partial charge in [0.25, 0.3) is 6.02 Å². The maximum Gasteiger partial charge on any atom is 0.408 e. The van der Waals surface area contributed by atoms with Gasteiger partial charge in [-0.25, -0.2) is 42.1 Å². The van der Waals surface area contributed by atoms with Crippen LogP contribution in [0, 0.1) is 27.6 Å². The predicted molar refractivity (Wildman–Crippen MR) is 512 cm³/mol. The number of nitrogens with one attached hydrogen (secondary N) is 5. The van der Waals surface area contributed by atoms with E-state index in [1.165, 1.54) is 53.1 Å². The van der Waals surface area contributed by atoms with E-state index >= 15 is 0 Å². The first-order chi connectivity index (χ1) is 63.2. The Hall–Kier alpha value is -9.54. The molecule has 0 bridgehead atoms. The number of alkyl carbamates (subject to hydrolysis) is 4. The first kappa shape index (κ1) is 109. The summed E-state index contributed by atoms with van der Waals surface area (Å²) in [5.41, 5.74) is 15.2. The summed E-state index contributed by atoms with van der Waals surface area (Å²) in [7, 11) is 0. The number of carbonyl (C=O) groups is 7. The van der Waals surface area contributed by atoms with Gasteiger partial charge < -0.3 is 91.8 Å². The molecule has 7 amide bonds. The molecule has 15 rings (SSSR count). The summed E-state index contributed by atoms with van der Waals surface area (Å²) in [6.07, 6.45) is 10.9. The number of aliphatic hydroxyl groups is 3. The van der Waals surface area contributed by atoms with Crippen LogP contribution in [0.3, 0.4) is 0 Å². The number of amidine groups is 1. The molecule has 0 saturated heterocycles. The molecule has 4 heterocycles. The molecule has 9 aliphatic rings. The third kappa shape index (κ3) is 32.6. The number of ether oxygens (including phenoxy) is 5. The second-order valence-electron chi connectivity index (χ2n) is 39.2. The zero-order chi connectivity index (χ0) is 99.4. The number of rotatable bonds is 12. The van der Waals surface area contributed by atoms with Gasteiger partial charge in [0.2, 0.25) is 6.54 Å². The lowest BCUT2D eigenvalue weighted by molar-refractivity contribution is -0.501. The molecule has 4 aliphatic heterocycles. The predicted octanol–water partition coefficient (Wildman–Crippen LogP) is 18.1. The Labute approximate surface area is 807 Å². The standard InChI is InChI=1S/C27H34FN3O4.C22H24FN3O.C16H13ClFNO.C11H20N2O5.C11H22N2O3.C10H17NO3.Cl3OP/c1-26(2,3)35-25(33)30-22-9-6-15-27(22,34)17-29-24(32)31-16-14-18-7-4-5-8-21(18)23(31)19-10-12-20(28)13-11-19;23-17-9-7-16(8-10-17)20-18-5-2-1-4-15(18)11-13-26(20)21-25-14-22(27-21)12-3-6-19(22)24;17-16(20)19-10-9-11-3-1-2-4-14(11)15(19)12-5-7-13(18)8-6-12;1-10(2,3)18-9(14)12-8-5-4-6-11(8,15)7-13(16)17;1-10(2,3)16-9(14)13-8-5-4-6-11(8,15)7-12;1-10(2,3)14-9(13)11-7-5-4-6-8(7)12;1-5(2,3)4/h4-5,7-8,10-13,22-23,34H,6,9,14-17H2,1-3H3,(H,29,32)(H,30,33);1-2,4-5,7-10,19-20H,3,6,11-14,24H2;1-8,15H,9-10H2;8,15H,4-7H2,1-3H3,(H,12,14);8,15H,4-7,12H2,1-3H3,(H,13,14);7H,4-6H2,1-3H3,(H,11,13);/t22?,23-,27?;19-,20-,22-;15-;;;;/m000..../s1. The van der Waals surface area contributed by atoms with Crippen LogP contribution >= 0.6 is 50.5 Å². The van der Waals surface area contributed by atoms with Gasteiger partial charge in [-0.1, -0.05) is 109 Å². The SMILES string of the molecule is CC(C)(C)OC(=O)NC1CCCC1(O)CN.CC(C)(C)OC(=O)NC1CCCC1(O)CNC(=O)N1CCc2ccccc2[C@@H]1c1ccc(F)cc1.CC(C)(C)OC(=O)NC1CCCC1(O)C[N+](=O)[O-].CC(C)(C)OC(=O)NC1CCCC1=O.N[C@H]1CCC[C@]12CN=C(N1CCc3ccccc3[C@@H]1c1ccc(F)cc1)O2.O=C(Cl)N1CCc2ccccc2[C@@H]1c1ccc(F)cc1.O=P(Cl)(Cl)Cl. The van der Waals surface area contributed by atoms with Crippen molar-refractivity contribution < 1.29 is 95.2 Å². The van der Waals surface area contributed by atoms with Crippen LogP contribution in [0.2, 0.25) is 0 Å². The van der Waals surface area contributed by atoms with E-state index in [1.807, 2.05) is 48.5 Å². The number of nitrogens with zero attached hydrogens (tertiary/aromatic N) is 5. The van der Waals surface area contributed by atoms with Crippen molar-refractivity contribution in [3.8, 4) is 0 Å². The topological polar surface area (TPSA) is 421 Å². The first-order valence-corrected chi connectivity index (χ1v) is 50.4. The molecular formula is C97H130Cl4F3N12O18P. The number of ketones is 1. The van der Waals surface area contributed by atoms with Gasteiger partial charge in [-0.05, 0) is 324 Å². The molecule has 38 heteroatoms. The maximum absolute atomic E-state index is 13.6. The number of amides is 7. The van der Waals surface area contributed by atoms with Gasteiger partial charge in [-0.15, -0.1) is 0 Å². The van der Waals surface area contributed by atoms with Gasteiger partial charge in [-0.3, -0.25) is 24.3 Å². The summed E-state index contributed by atoms with van der Waals surface area (Å²) in [6, 6.07) is 41.6. The summed E-state index contributed by atoms with van der Waals surface area (Å²) in [6.45, 7) is 23.4. The summed E-state index contributed by atoms with van der Waals surface area (Å²) in [5.74, 6) is -0.738. The average Bonchev–Trinajstić information content (AvgIpc) is 1.66. The summed E-state index contributed by atoms with van der Waals surface area (Å²) in [5, 5.41) is 51.8. The molecule has 1 spiro atoms. The number of hydrogen-bond acceptors (Lipinski definition) is 22. The van der Waals surface area contributed by atoms with E-state index in [0.717, 1.165) is 104 Å². The fraction of sp³-hybridized carbons (Fsp3) is 0.546. The zero-order valence-electron chi connectivity index (χ0n) is 78.6. The number of carbonyl (C=O) groups excluding carboxylic acids is 7. The molecule has 0 aromatic heterocycles. The van der Waals surface area contributed by atoms with Gasteiger partial charge >= 0.3 is 41.0 Å². The van der Waals surface area contributed by atoms with Crippen molar-refractivity contribution in [2.75, 3.05) is 45.8 Å². The van der Waals surface area contributed by atoms with Crippen LogP contribution in [0.5, 0.6) is 0 Å². The van der Waals surface area contributed by atoms with Crippen molar-refractivity contribution in [2.24, 2.45) is 16.5 Å². The van der Waals surface area contributed by atoms with E-state index in [9.17, 15) is 76.7 Å². The van der Waals surface area contributed by atoms with Crippen molar-refractivity contribution in [1.82, 2.24) is 41.3 Å². The number of urea groups is 1. The molecule has 5 fully saturated rings. The highest BCUT2D eigenvalue weighted by Crippen LogP contribution is 2.61. The number of aliphatic imine (C=N–C) groups is 1. The van der Waals surface area contributed by atoms with Crippen molar-refractivity contribution in [2.45, 2.75) is 292 Å². The number of fused-ring (bicyclic) bond motifs is 3. The van der Waals surface area contributed by atoms with E-state index in [0.29, 0.717) is 77.0 Å². The molecule has 135 heavy (non-hydrogen) atoms. The molecule has 6 aromatic carbocycles. The molecule has 5 saturated carbocycles. The number of hydrogen-bond donors (Lipinski definition) is 10. The summed E-state index contributed by atoms with van der Waals surface area (Å²) in [4.78, 5) is 103. The van der Waals surface area contributed by atoms with Crippen molar-refractivity contribution in [3.63, 3.8) is 0 Å². The Morgan fingerprint density at radius 2 is 0.881 bits per heavy atom.